The first kappa shape index (κ1) is 9.42. The van der Waals surface area contributed by atoms with Gasteiger partial charge in [-0.2, -0.15) is 15.4 Å². The molecule has 1 heterocycles. The van der Waals surface area contributed by atoms with E-state index in [1.165, 1.54) is 4.90 Å². The van der Waals surface area contributed by atoms with Crippen LogP contribution in [0.3, 0.4) is 0 Å². The smallest absolute Gasteiger partial charge is 0.126 e. The van der Waals surface area contributed by atoms with Gasteiger partial charge in [-0.05, 0) is 24.3 Å². The highest BCUT2D eigenvalue weighted by atomic mass is 32.2. The van der Waals surface area contributed by atoms with E-state index in [1.807, 2.05) is 30.3 Å². The number of hydrogen-bond acceptors (Lipinski definition) is 3. The van der Waals surface area contributed by atoms with E-state index in [9.17, 15) is 0 Å². The highest BCUT2D eigenvalue weighted by Crippen LogP contribution is 2.31. The molecule has 0 aliphatic carbocycles. The summed E-state index contributed by atoms with van der Waals surface area (Å²) in [5.41, 5.74) is 1.83. The van der Waals surface area contributed by atoms with E-state index in [4.69, 9.17) is 0 Å². The molecule has 0 aliphatic heterocycles. The highest BCUT2D eigenvalue weighted by Gasteiger charge is 2.05. The molecule has 1 aromatic heterocycles. The Morgan fingerprint density at radius 1 is 0.875 bits per heavy atom. The fourth-order valence-corrected chi connectivity index (χ4v) is 2.48. The van der Waals surface area contributed by atoms with Crippen molar-refractivity contribution in [1.82, 2.24) is 15.4 Å². The molecule has 78 valence electrons. The average Bonchev–Trinajstić information content (AvgIpc) is 2.80. The van der Waals surface area contributed by atoms with Crippen LogP contribution in [0.4, 0.5) is 0 Å². The maximum absolute atomic E-state index is 4.16. The summed E-state index contributed by atoms with van der Waals surface area (Å²) in [7, 11) is 0. The third-order valence-corrected chi connectivity index (χ3v) is 3.34. The molecule has 1 N–H and O–H groups in total. The first-order valence-corrected chi connectivity index (χ1v) is 5.77. The monoisotopic (exact) mass is 227 g/mol. The van der Waals surface area contributed by atoms with E-state index in [0.29, 0.717) is 0 Å². The number of hydrogen-bond donors (Lipinski definition) is 1. The number of benzene rings is 2. The van der Waals surface area contributed by atoms with Crippen molar-refractivity contribution in [2.24, 2.45) is 0 Å². The molecule has 2 aromatic carbocycles. The van der Waals surface area contributed by atoms with Crippen LogP contribution in [-0.2, 0) is 0 Å². The Morgan fingerprint density at radius 2 is 1.75 bits per heavy atom. The van der Waals surface area contributed by atoms with E-state index in [0.717, 1.165) is 15.9 Å². The second-order valence-corrected chi connectivity index (χ2v) is 4.48. The van der Waals surface area contributed by atoms with E-state index in [-0.39, 0.29) is 0 Å². The molecule has 0 bridgehead atoms. The molecule has 3 rings (SSSR count). The number of H-pyrrole nitrogens is 1. The Morgan fingerprint density at radius 3 is 2.62 bits per heavy atom. The number of aromatic amines is 1. The summed E-state index contributed by atoms with van der Waals surface area (Å²) in [5.74, 6) is 0. The minimum absolute atomic E-state index is 0.904. The average molecular weight is 227 g/mol. The molecule has 3 nitrogen and oxygen atoms in total. The zero-order valence-corrected chi connectivity index (χ0v) is 9.24. The lowest BCUT2D eigenvalue weighted by molar-refractivity contribution is 0.957. The minimum atomic E-state index is 0.904. The van der Waals surface area contributed by atoms with Crippen molar-refractivity contribution in [3.8, 4) is 0 Å². The number of aromatic nitrogens is 3. The van der Waals surface area contributed by atoms with Crippen LogP contribution in [0.1, 0.15) is 0 Å². The fraction of sp³-hybridized carbons (Fsp3) is 0. The van der Waals surface area contributed by atoms with E-state index >= 15 is 0 Å². The third kappa shape index (κ3) is 1.67. The Balaban J connectivity index is 2.04. The van der Waals surface area contributed by atoms with Crippen LogP contribution < -0.4 is 0 Å². The largest absolute Gasteiger partial charge is 0.197 e. The molecule has 0 saturated heterocycles. The van der Waals surface area contributed by atoms with Crippen molar-refractivity contribution >= 4 is 22.8 Å². The predicted octanol–water partition coefficient (Wildman–Crippen LogP) is 3.11. The molecular weight excluding hydrogens is 218 g/mol. The number of nitrogens with zero attached hydrogens (tertiary/aromatic N) is 2. The minimum Gasteiger partial charge on any atom is -0.197 e. The van der Waals surface area contributed by atoms with Gasteiger partial charge in [0.2, 0.25) is 0 Å². The highest BCUT2D eigenvalue weighted by molar-refractivity contribution is 7.99. The lowest BCUT2D eigenvalue weighted by Crippen LogP contribution is -1.76. The van der Waals surface area contributed by atoms with Gasteiger partial charge in [0.25, 0.3) is 0 Å². The molecule has 0 atom stereocenters. The Kier molecular flexibility index (Phi) is 2.34. The van der Waals surface area contributed by atoms with Crippen LogP contribution in [0.25, 0.3) is 11.0 Å². The number of fused-ring (bicyclic) bond motifs is 1. The zero-order chi connectivity index (χ0) is 10.8. The third-order valence-electron chi connectivity index (χ3n) is 2.28. The molecular formula is C12H9N3S. The SMILES string of the molecule is c1ccc(Sc2cccc3n[nH]nc23)cc1. The molecule has 0 aliphatic rings. The zero-order valence-electron chi connectivity index (χ0n) is 8.42. The van der Waals surface area contributed by atoms with Crippen molar-refractivity contribution < 1.29 is 0 Å². The normalized spacial score (nSPS) is 10.8. The van der Waals surface area contributed by atoms with E-state index in [2.05, 4.69) is 33.6 Å². The van der Waals surface area contributed by atoms with Crippen molar-refractivity contribution in [3.05, 3.63) is 48.5 Å². The summed E-state index contributed by atoms with van der Waals surface area (Å²) in [6.45, 7) is 0. The van der Waals surface area contributed by atoms with Crippen molar-refractivity contribution in [2.75, 3.05) is 0 Å². The standard InChI is InChI=1S/C12H9N3S/c1-2-5-9(6-3-1)16-11-8-4-7-10-12(11)14-15-13-10/h1-8H,(H,13,14,15). The molecule has 0 unspecified atom stereocenters. The van der Waals surface area contributed by atoms with Gasteiger partial charge in [-0.25, -0.2) is 0 Å². The van der Waals surface area contributed by atoms with Crippen LogP contribution in [-0.4, -0.2) is 15.4 Å². The van der Waals surface area contributed by atoms with Crippen LogP contribution >= 0.6 is 11.8 Å². The van der Waals surface area contributed by atoms with Gasteiger partial charge in [0.15, 0.2) is 0 Å². The summed E-state index contributed by atoms with van der Waals surface area (Å²) < 4.78 is 0. The summed E-state index contributed by atoms with van der Waals surface area (Å²) in [5, 5.41) is 10.9. The molecule has 0 spiro atoms. The van der Waals surface area contributed by atoms with Crippen LogP contribution in [0, 0.1) is 0 Å². The van der Waals surface area contributed by atoms with Gasteiger partial charge in [-0.3, -0.25) is 0 Å². The quantitative estimate of drug-likeness (QED) is 0.731. The van der Waals surface area contributed by atoms with Gasteiger partial charge in [-0.15, -0.1) is 0 Å². The number of para-hydroxylation sites is 1. The van der Waals surface area contributed by atoms with E-state index < -0.39 is 0 Å². The lowest BCUT2D eigenvalue weighted by atomic mass is 10.3. The molecule has 0 radical (unpaired) electrons. The maximum atomic E-state index is 4.16. The van der Waals surface area contributed by atoms with Gasteiger partial charge < -0.3 is 0 Å². The maximum Gasteiger partial charge on any atom is 0.126 e. The lowest BCUT2D eigenvalue weighted by Gasteiger charge is -2.00. The van der Waals surface area contributed by atoms with Gasteiger partial charge >= 0.3 is 0 Å². The second-order valence-electron chi connectivity index (χ2n) is 3.36. The van der Waals surface area contributed by atoms with Crippen molar-refractivity contribution in [1.29, 1.82) is 0 Å². The molecule has 3 aromatic rings. The first-order valence-electron chi connectivity index (χ1n) is 4.96. The molecule has 0 amide bonds. The Bertz CT molecular complexity index is 604. The van der Waals surface area contributed by atoms with Gasteiger partial charge in [-0.1, -0.05) is 36.0 Å². The number of nitrogens with one attached hydrogen (secondary N) is 1. The molecule has 0 fully saturated rings. The van der Waals surface area contributed by atoms with E-state index in [1.54, 1.807) is 11.8 Å². The molecule has 0 saturated carbocycles. The topological polar surface area (TPSA) is 41.6 Å². The molecule has 16 heavy (non-hydrogen) atoms. The summed E-state index contributed by atoms with van der Waals surface area (Å²) in [4.78, 5) is 2.33. The predicted molar refractivity (Wildman–Crippen MR) is 64.5 cm³/mol. The Hall–Kier alpha value is -1.81. The van der Waals surface area contributed by atoms with Crippen LogP contribution in [0.5, 0.6) is 0 Å². The first-order chi connectivity index (χ1) is 7.93. The summed E-state index contributed by atoms with van der Waals surface area (Å²) >= 11 is 1.70. The fourth-order valence-electron chi connectivity index (χ4n) is 1.54. The Labute approximate surface area is 96.9 Å². The van der Waals surface area contributed by atoms with Crippen LogP contribution in [0.2, 0.25) is 0 Å². The van der Waals surface area contributed by atoms with Gasteiger partial charge in [0.1, 0.15) is 11.0 Å². The number of rotatable bonds is 2. The van der Waals surface area contributed by atoms with Gasteiger partial charge in [0.05, 0.1) is 0 Å². The van der Waals surface area contributed by atoms with Gasteiger partial charge in [0, 0.05) is 9.79 Å². The molecule has 4 heteroatoms. The van der Waals surface area contributed by atoms with Crippen molar-refractivity contribution in [3.63, 3.8) is 0 Å². The summed E-state index contributed by atoms with van der Waals surface area (Å²) in [6.07, 6.45) is 0. The summed E-state index contributed by atoms with van der Waals surface area (Å²) in [6, 6.07) is 16.3. The second kappa shape index (κ2) is 3.98. The van der Waals surface area contributed by atoms with Crippen LogP contribution in [0.15, 0.2) is 58.3 Å². The van der Waals surface area contributed by atoms with Crippen molar-refractivity contribution in [2.45, 2.75) is 9.79 Å².